The number of aromatic nitrogens is 2. The van der Waals surface area contributed by atoms with Crippen LogP contribution < -0.4 is 15.8 Å². The summed E-state index contributed by atoms with van der Waals surface area (Å²) in [4.78, 5) is 45.8. The molecule has 0 saturated heterocycles. The van der Waals surface area contributed by atoms with Gasteiger partial charge in [-0.1, -0.05) is 0 Å². The summed E-state index contributed by atoms with van der Waals surface area (Å²) in [7, 11) is 3.52. The van der Waals surface area contributed by atoms with Crippen LogP contribution in [0.25, 0.3) is 0 Å². The van der Waals surface area contributed by atoms with Gasteiger partial charge in [0.2, 0.25) is 17.8 Å². The van der Waals surface area contributed by atoms with Crippen LogP contribution in [0.1, 0.15) is 18.2 Å². The molecule has 3 N–H and O–H groups in total. The third kappa shape index (κ3) is 3.67. The van der Waals surface area contributed by atoms with Gasteiger partial charge in [0.25, 0.3) is 5.56 Å². The van der Waals surface area contributed by atoms with E-state index in [-0.39, 0.29) is 23.9 Å². The van der Waals surface area contributed by atoms with E-state index in [0.717, 1.165) is 0 Å². The Morgan fingerprint density at radius 2 is 2.17 bits per heavy atom. The summed E-state index contributed by atoms with van der Waals surface area (Å²) < 4.78 is 0. The first-order chi connectivity index (χ1) is 10.8. The van der Waals surface area contributed by atoms with Gasteiger partial charge in [0.15, 0.2) is 0 Å². The fraction of sp³-hybridized carbons (Fsp3) is 0.571. The van der Waals surface area contributed by atoms with E-state index in [1.165, 1.54) is 11.8 Å². The number of carbonyl (C=O) groups excluding carboxylic acids is 2. The molecule has 1 unspecified atom stereocenters. The van der Waals surface area contributed by atoms with Crippen molar-refractivity contribution >= 4 is 17.8 Å². The topological polar surface area (TPSA) is 119 Å². The van der Waals surface area contributed by atoms with Crippen molar-refractivity contribution in [2.24, 2.45) is 0 Å². The van der Waals surface area contributed by atoms with Crippen molar-refractivity contribution in [3.05, 3.63) is 21.6 Å². The molecule has 0 bridgehead atoms. The lowest BCUT2D eigenvalue weighted by molar-refractivity contribution is -0.138. The molecule has 0 aliphatic carbocycles. The van der Waals surface area contributed by atoms with Crippen LogP contribution in [0.2, 0.25) is 0 Å². The number of carbonyl (C=O) groups is 2. The van der Waals surface area contributed by atoms with Gasteiger partial charge in [-0.05, 0) is 6.42 Å². The van der Waals surface area contributed by atoms with Gasteiger partial charge in [-0.3, -0.25) is 19.4 Å². The monoisotopic (exact) mass is 323 g/mol. The Bertz CT molecular complexity index is 670. The highest BCUT2D eigenvalue weighted by Crippen LogP contribution is 2.16. The molecule has 1 atom stereocenters. The molecule has 23 heavy (non-hydrogen) atoms. The maximum absolute atomic E-state index is 12.4. The number of aliphatic hydroxyl groups is 1. The lowest BCUT2D eigenvalue weighted by Gasteiger charge is -2.31. The lowest BCUT2D eigenvalue weighted by Crippen LogP contribution is -2.51. The molecule has 1 aliphatic rings. The highest BCUT2D eigenvalue weighted by molar-refractivity contribution is 5.87. The molecule has 1 aromatic heterocycles. The Morgan fingerprint density at radius 1 is 1.48 bits per heavy atom. The molecule has 1 aliphatic heterocycles. The second-order valence-electron chi connectivity index (χ2n) is 5.65. The molecule has 9 nitrogen and oxygen atoms in total. The normalized spacial score (nSPS) is 14.9. The van der Waals surface area contributed by atoms with E-state index in [1.807, 2.05) is 0 Å². The summed E-state index contributed by atoms with van der Waals surface area (Å²) in [6.07, 6.45) is 0.384. The number of aromatic amines is 1. The summed E-state index contributed by atoms with van der Waals surface area (Å²) in [6.45, 7) is 1.32. The van der Waals surface area contributed by atoms with Crippen molar-refractivity contribution in [2.45, 2.75) is 25.9 Å². The highest BCUT2D eigenvalue weighted by atomic mass is 16.3. The minimum atomic E-state index is -0.982. The van der Waals surface area contributed by atoms with Gasteiger partial charge in [0.05, 0.1) is 18.8 Å². The van der Waals surface area contributed by atoms with Crippen LogP contribution in [0.15, 0.2) is 4.79 Å². The number of hydrogen-bond donors (Lipinski definition) is 3. The minimum Gasteiger partial charge on any atom is -0.394 e. The lowest BCUT2D eigenvalue weighted by atomic mass is 10.1. The van der Waals surface area contributed by atoms with E-state index in [1.54, 1.807) is 19.0 Å². The summed E-state index contributed by atoms with van der Waals surface area (Å²) in [6, 6.07) is -0.982. The van der Waals surface area contributed by atoms with E-state index in [2.05, 4.69) is 15.3 Å². The maximum Gasteiger partial charge on any atom is 0.255 e. The molecule has 2 amide bonds. The molecule has 0 aromatic carbocycles. The Morgan fingerprint density at radius 3 is 2.74 bits per heavy atom. The van der Waals surface area contributed by atoms with Gasteiger partial charge < -0.3 is 20.2 Å². The summed E-state index contributed by atoms with van der Waals surface area (Å²) in [5, 5.41) is 11.7. The fourth-order valence-corrected chi connectivity index (χ4v) is 2.48. The van der Waals surface area contributed by atoms with Crippen LogP contribution >= 0.6 is 0 Å². The highest BCUT2D eigenvalue weighted by Gasteiger charge is 2.29. The van der Waals surface area contributed by atoms with Crippen LogP contribution in [-0.2, 0) is 22.6 Å². The number of fused-ring (bicyclic) bond motifs is 1. The fourth-order valence-electron chi connectivity index (χ4n) is 2.48. The maximum atomic E-state index is 12.4. The second-order valence-corrected chi connectivity index (χ2v) is 5.65. The number of anilines is 1. The van der Waals surface area contributed by atoms with Crippen molar-refractivity contribution in [3.8, 4) is 0 Å². The van der Waals surface area contributed by atoms with Gasteiger partial charge in [0.1, 0.15) is 6.04 Å². The molecule has 0 spiro atoms. The predicted molar refractivity (Wildman–Crippen MR) is 83.0 cm³/mol. The zero-order valence-electron chi connectivity index (χ0n) is 13.4. The van der Waals surface area contributed by atoms with Crippen LogP contribution in [0.3, 0.4) is 0 Å². The Labute approximate surface area is 133 Å². The van der Waals surface area contributed by atoms with Crippen molar-refractivity contribution in [2.75, 3.05) is 32.1 Å². The minimum absolute atomic E-state index is 0.176. The smallest absolute Gasteiger partial charge is 0.255 e. The van der Waals surface area contributed by atoms with Crippen molar-refractivity contribution in [1.29, 1.82) is 0 Å². The molecule has 2 rings (SSSR count). The van der Waals surface area contributed by atoms with E-state index < -0.39 is 12.6 Å². The second kappa shape index (κ2) is 6.78. The zero-order valence-corrected chi connectivity index (χ0v) is 13.4. The van der Waals surface area contributed by atoms with Crippen molar-refractivity contribution in [1.82, 2.24) is 20.2 Å². The Hall–Kier alpha value is -2.42. The summed E-state index contributed by atoms with van der Waals surface area (Å²) >= 11 is 0. The third-order valence-electron chi connectivity index (χ3n) is 3.65. The van der Waals surface area contributed by atoms with E-state index >= 15 is 0 Å². The molecule has 0 fully saturated rings. The van der Waals surface area contributed by atoms with Crippen LogP contribution in [0.4, 0.5) is 5.95 Å². The molecular formula is C14H21N5O4. The molecule has 2 heterocycles. The Kier molecular flexibility index (Phi) is 4.99. The predicted octanol–water partition coefficient (Wildman–Crippen LogP) is -1.78. The van der Waals surface area contributed by atoms with Crippen LogP contribution in [0.5, 0.6) is 0 Å². The SMILES string of the molecule is CC(=O)NC(CO)C(=O)N1CCc2c(nc(N(C)C)[nH]c2=O)C1. The van der Waals surface area contributed by atoms with Gasteiger partial charge in [0, 0.05) is 33.1 Å². The number of aliphatic hydroxyl groups excluding tert-OH is 1. The first kappa shape index (κ1) is 16.9. The molecular weight excluding hydrogens is 302 g/mol. The standard InChI is InChI=1S/C14H21N5O4/c1-8(21)15-11(7-20)13(23)19-5-4-9-10(6-19)16-14(18(2)3)17-12(9)22/h11,20H,4-7H2,1-3H3,(H,15,21)(H,16,17,22). The largest absolute Gasteiger partial charge is 0.394 e. The van der Waals surface area contributed by atoms with Gasteiger partial charge in [-0.15, -0.1) is 0 Å². The average Bonchev–Trinajstić information content (AvgIpc) is 2.51. The molecule has 0 saturated carbocycles. The number of nitrogens with one attached hydrogen (secondary N) is 2. The third-order valence-corrected chi connectivity index (χ3v) is 3.65. The van der Waals surface area contributed by atoms with E-state index in [0.29, 0.717) is 30.2 Å². The first-order valence-corrected chi connectivity index (χ1v) is 7.29. The van der Waals surface area contributed by atoms with E-state index in [4.69, 9.17) is 0 Å². The number of H-pyrrole nitrogens is 1. The first-order valence-electron chi connectivity index (χ1n) is 7.29. The molecule has 9 heteroatoms. The van der Waals surface area contributed by atoms with Crippen LogP contribution in [-0.4, -0.2) is 65.1 Å². The van der Waals surface area contributed by atoms with Gasteiger partial charge >= 0.3 is 0 Å². The zero-order chi connectivity index (χ0) is 17.1. The number of hydrogen-bond acceptors (Lipinski definition) is 6. The number of rotatable bonds is 4. The molecule has 0 radical (unpaired) electrons. The quantitative estimate of drug-likeness (QED) is 0.603. The van der Waals surface area contributed by atoms with Crippen molar-refractivity contribution in [3.63, 3.8) is 0 Å². The Balaban J connectivity index is 2.23. The van der Waals surface area contributed by atoms with E-state index in [9.17, 15) is 19.5 Å². The van der Waals surface area contributed by atoms with Crippen molar-refractivity contribution < 1.29 is 14.7 Å². The summed E-state index contributed by atoms with van der Waals surface area (Å²) in [5.41, 5.74) is 0.905. The number of amides is 2. The molecule has 126 valence electrons. The molecule has 1 aromatic rings. The summed E-state index contributed by atoms with van der Waals surface area (Å²) in [5.74, 6) is -0.357. The van der Waals surface area contributed by atoms with Gasteiger partial charge in [-0.25, -0.2) is 4.98 Å². The van der Waals surface area contributed by atoms with Crippen LogP contribution in [0, 0.1) is 0 Å². The average molecular weight is 323 g/mol. The van der Waals surface area contributed by atoms with Gasteiger partial charge in [-0.2, -0.15) is 0 Å². The number of nitrogens with zero attached hydrogens (tertiary/aromatic N) is 3.